The van der Waals surface area contributed by atoms with Crippen molar-refractivity contribution in [2.75, 3.05) is 18.8 Å². The number of thioether (sulfide) groups is 1. The first-order valence-electron chi connectivity index (χ1n) is 7.80. The summed E-state index contributed by atoms with van der Waals surface area (Å²) in [7, 11) is 0. The molecule has 0 N–H and O–H groups in total. The molecule has 1 fully saturated rings. The number of hydrogen-bond donors (Lipinski definition) is 0. The highest BCUT2D eigenvalue weighted by atomic mass is 32.2. The second-order valence-corrected chi connectivity index (χ2v) is 8.73. The third kappa shape index (κ3) is 3.05. The number of amides is 1. The first-order valence-corrected chi connectivity index (χ1v) is 10.5. The Morgan fingerprint density at radius 3 is 2.92 bits per heavy atom. The fourth-order valence-corrected chi connectivity index (χ4v) is 5.37. The topological polar surface area (TPSA) is 59.0 Å². The van der Waals surface area contributed by atoms with Crippen molar-refractivity contribution in [2.24, 2.45) is 0 Å². The summed E-state index contributed by atoms with van der Waals surface area (Å²) in [5.74, 6) is 0.584. The lowest BCUT2D eigenvalue weighted by Gasteiger charge is -2.14. The number of aryl methyl sites for hydroxylation is 1. The predicted octanol–water partition coefficient (Wildman–Crippen LogP) is 3.84. The van der Waals surface area contributed by atoms with Crippen molar-refractivity contribution in [1.82, 2.24) is 20.1 Å². The van der Waals surface area contributed by atoms with Gasteiger partial charge in [0.1, 0.15) is 16.2 Å². The van der Waals surface area contributed by atoms with E-state index in [0.717, 1.165) is 56.8 Å². The van der Waals surface area contributed by atoms with Crippen LogP contribution >= 0.6 is 34.4 Å². The molecule has 3 aromatic rings. The van der Waals surface area contributed by atoms with Gasteiger partial charge in [0.25, 0.3) is 0 Å². The van der Waals surface area contributed by atoms with Gasteiger partial charge in [-0.15, -0.1) is 32.9 Å². The van der Waals surface area contributed by atoms with Crippen molar-refractivity contribution < 1.29 is 4.79 Å². The minimum Gasteiger partial charge on any atom is -0.342 e. The summed E-state index contributed by atoms with van der Waals surface area (Å²) in [5.41, 5.74) is 1.76. The van der Waals surface area contributed by atoms with Crippen LogP contribution in [0.15, 0.2) is 22.5 Å². The highest BCUT2D eigenvalue weighted by molar-refractivity contribution is 8.00. The number of fused-ring (bicyclic) bond motifs is 1. The maximum atomic E-state index is 12.3. The smallest absolute Gasteiger partial charge is 0.232 e. The van der Waals surface area contributed by atoms with Crippen molar-refractivity contribution in [1.29, 1.82) is 0 Å². The molecular formula is C16H16N4OS3. The van der Waals surface area contributed by atoms with E-state index in [2.05, 4.69) is 15.2 Å². The zero-order valence-electron chi connectivity index (χ0n) is 13.2. The zero-order chi connectivity index (χ0) is 16.5. The molecule has 1 amide bonds. The standard InChI is InChI=1S/C16H16N4OS3/c1-10-17-14-15(24-10)13(11-5-4-8-22-11)18-19-16(14)23-9-12(21)20-6-2-3-7-20/h4-5,8H,2-3,6-7,9H2,1H3. The van der Waals surface area contributed by atoms with E-state index < -0.39 is 0 Å². The minimum absolute atomic E-state index is 0.182. The number of thiophene rings is 1. The van der Waals surface area contributed by atoms with Crippen molar-refractivity contribution in [3.05, 3.63) is 22.5 Å². The van der Waals surface area contributed by atoms with Crippen LogP contribution in [-0.2, 0) is 4.79 Å². The Balaban J connectivity index is 1.62. The van der Waals surface area contributed by atoms with Gasteiger partial charge in [-0.05, 0) is 31.2 Å². The summed E-state index contributed by atoms with van der Waals surface area (Å²) in [4.78, 5) is 19.9. The lowest BCUT2D eigenvalue weighted by Crippen LogP contribution is -2.29. The SMILES string of the molecule is Cc1nc2c(SCC(=O)N3CCCC3)nnc(-c3cccs3)c2s1. The van der Waals surface area contributed by atoms with Crippen LogP contribution in [-0.4, -0.2) is 44.8 Å². The lowest BCUT2D eigenvalue weighted by molar-refractivity contribution is -0.127. The number of aromatic nitrogens is 3. The van der Waals surface area contributed by atoms with Gasteiger partial charge >= 0.3 is 0 Å². The normalized spacial score (nSPS) is 14.6. The van der Waals surface area contributed by atoms with Gasteiger partial charge in [0, 0.05) is 13.1 Å². The largest absolute Gasteiger partial charge is 0.342 e. The van der Waals surface area contributed by atoms with Crippen LogP contribution < -0.4 is 0 Å². The van der Waals surface area contributed by atoms with Gasteiger partial charge in [-0.25, -0.2) is 4.98 Å². The molecular weight excluding hydrogens is 360 g/mol. The predicted molar refractivity (Wildman–Crippen MR) is 99.8 cm³/mol. The van der Waals surface area contributed by atoms with Crippen molar-refractivity contribution in [3.8, 4) is 10.6 Å². The molecule has 24 heavy (non-hydrogen) atoms. The van der Waals surface area contributed by atoms with E-state index >= 15 is 0 Å². The number of carbonyl (C=O) groups is 1. The maximum absolute atomic E-state index is 12.3. The van der Waals surface area contributed by atoms with Gasteiger partial charge in [-0.1, -0.05) is 17.8 Å². The van der Waals surface area contributed by atoms with Crippen LogP contribution in [0.1, 0.15) is 17.8 Å². The van der Waals surface area contributed by atoms with E-state index in [9.17, 15) is 4.79 Å². The molecule has 0 aliphatic carbocycles. The van der Waals surface area contributed by atoms with Crippen LogP contribution in [0.25, 0.3) is 20.8 Å². The highest BCUT2D eigenvalue weighted by Crippen LogP contribution is 2.36. The van der Waals surface area contributed by atoms with Crippen LogP contribution in [0.3, 0.4) is 0 Å². The Morgan fingerprint density at radius 1 is 1.33 bits per heavy atom. The summed E-state index contributed by atoms with van der Waals surface area (Å²) in [6, 6.07) is 4.06. The van der Waals surface area contributed by atoms with E-state index in [-0.39, 0.29) is 5.91 Å². The summed E-state index contributed by atoms with van der Waals surface area (Å²) in [6.45, 7) is 3.76. The molecule has 0 aromatic carbocycles. The molecule has 8 heteroatoms. The van der Waals surface area contributed by atoms with Crippen LogP contribution in [0.4, 0.5) is 0 Å². The molecule has 4 rings (SSSR count). The van der Waals surface area contributed by atoms with Crippen LogP contribution in [0, 0.1) is 6.92 Å². The molecule has 1 aliphatic rings. The molecule has 0 radical (unpaired) electrons. The molecule has 124 valence electrons. The van der Waals surface area contributed by atoms with Gasteiger partial charge in [0.2, 0.25) is 5.91 Å². The van der Waals surface area contributed by atoms with E-state index in [4.69, 9.17) is 0 Å². The quantitative estimate of drug-likeness (QED) is 0.648. The Bertz CT molecular complexity index is 869. The molecule has 3 aromatic heterocycles. The lowest BCUT2D eigenvalue weighted by atomic mass is 10.3. The number of hydrogen-bond acceptors (Lipinski definition) is 7. The maximum Gasteiger partial charge on any atom is 0.232 e. The number of likely N-dealkylation sites (tertiary alicyclic amines) is 1. The molecule has 0 unspecified atom stereocenters. The minimum atomic E-state index is 0.182. The Kier molecular flexibility index (Phi) is 4.51. The van der Waals surface area contributed by atoms with E-state index in [1.807, 2.05) is 29.3 Å². The second-order valence-electron chi connectivity index (χ2n) is 5.62. The van der Waals surface area contributed by atoms with Gasteiger partial charge < -0.3 is 4.90 Å². The third-order valence-electron chi connectivity index (χ3n) is 3.94. The fraction of sp³-hybridized carbons (Fsp3) is 0.375. The van der Waals surface area contributed by atoms with E-state index in [0.29, 0.717) is 5.75 Å². The van der Waals surface area contributed by atoms with Crippen molar-refractivity contribution in [3.63, 3.8) is 0 Å². The summed E-state index contributed by atoms with van der Waals surface area (Å²) in [6.07, 6.45) is 2.22. The Labute approximate surface area is 152 Å². The van der Waals surface area contributed by atoms with Gasteiger partial charge in [-0.3, -0.25) is 4.79 Å². The van der Waals surface area contributed by atoms with E-state index in [1.165, 1.54) is 11.8 Å². The first kappa shape index (κ1) is 16.0. The Hall–Kier alpha value is -1.51. The summed E-state index contributed by atoms with van der Waals surface area (Å²) in [5, 5.41) is 12.6. The fourth-order valence-electron chi connectivity index (χ4n) is 2.78. The van der Waals surface area contributed by atoms with Gasteiger partial charge in [-0.2, -0.15) is 0 Å². The highest BCUT2D eigenvalue weighted by Gasteiger charge is 2.20. The average Bonchev–Trinajstić information content (AvgIpc) is 3.31. The molecule has 5 nitrogen and oxygen atoms in total. The Morgan fingerprint density at radius 2 is 2.17 bits per heavy atom. The summed E-state index contributed by atoms with van der Waals surface area (Å²) >= 11 is 4.73. The number of nitrogens with zero attached hydrogens (tertiary/aromatic N) is 4. The molecule has 1 aliphatic heterocycles. The molecule has 0 bridgehead atoms. The van der Waals surface area contributed by atoms with Crippen molar-refractivity contribution >= 4 is 50.6 Å². The van der Waals surface area contributed by atoms with Gasteiger partial charge in [0.05, 0.1) is 20.3 Å². The first-order chi connectivity index (χ1) is 11.7. The molecule has 0 saturated carbocycles. The average molecular weight is 377 g/mol. The van der Waals surface area contributed by atoms with E-state index in [1.54, 1.807) is 22.7 Å². The molecule has 1 saturated heterocycles. The second kappa shape index (κ2) is 6.78. The van der Waals surface area contributed by atoms with Crippen LogP contribution in [0.2, 0.25) is 0 Å². The molecule has 0 atom stereocenters. The summed E-state index contributed by atoms with van der Waals surface area (Å²) < 4.78 is 1.06. The zero-order valence-corrected chi connectivity index (χ0v) is 15.6. The third-order valence-corrected chi connectivity index (χ3v) is 6.73. The van der Waals surface area contributed by atoms with Crippen LogP contribution in [0.5, 0.6) is 0 Å². The number of rotatable bonds is 4. The molecule has 4 heterocycles. The number of carbonyl (C=O) groups excluding carboxylic acids is 1. The number of thiazole rings is 1. The van der Waals surface area contributed by atoms with Crippen molar-refractivity contribution in [2.45, 2.75) is 24.8 Å². The molecule has 0 spiro atoms. The van der Waals surface area contributed by atoms with Gasteiger partial charge in [0.15, 0.2) is 0 Å². The monoisotopic (exact) mass is 376 g/mol.